The summed E-state index contributed by atoms with van der Waals surface area (Å²) in [5.41, 5.74) is 0.941. The number of amides is 1. The number of carbonyl (C=O) groups is 1. The van der Waals surface area contributed by atoms with E-state index < -0.39 is 16.4 Å². The summed E-state index contributed by atoms with van der Waals surface area (Å²) in [6.45, 7) is 1.72. The molecule has 0 radical (unpaired) electrons. The van der Waals surface area contributed by atoms with E-state index in [0.29, 0.717) is 16.3 Å². The van der Waals surface area contributed by atoms with E-state index in [1.54, 1.807) is 31.2 Å². The van der Waals surface area contributed by atoms with Gasteiger partial charge in [-0.2, -0.15) is 4.73 Å². The van der Waals surface area contributed by atoms with Crippen molar-refractivity contribution in [2.45, 2.75) is 13.5 Å². The maximum Gasteiger partial charge on any atom is 0.295 e. The lowest BCUT2D eigenvalue weighted by Gasteiger charge is -2.11. The minimum absolute atomic E-state index is 0.0801. The number of hydrogen-bond donors (Lipinski definition) is 1. The van der Waals surface area contributed by atoms with Gasteiger partial charge < -0.3 is 10.2 Å². The first-order valence-electron chi connectivity index (χ1n) is 8.51. The van der Waals surface area contributed by atoms with Crippen molar-refractivity contribution < 1.29 is 14.6 Å². The summed E-state index contributed by atoms with van der Waals surface area (Å²) in [5.74, 6) is -0.603. The van der Waals surface area contributed by atoms with Crippen LogP contribution in [0.4, 0.5) is 11.4 Å². The number of carbonyl (C=O) groups excluding carboxylic acids is 1. The molecule has 29 heavy (non-hydrogen) atoms. The summed E-state index contributed by atoms with van der Waals surface area (Å²) < 4.78 is 0.915. The highest BCUT2D eigenvalue weighted by molar-refractivity contribution is 6.31. The molecule has 0 fully saturated rings. The van der Waals surface area contributed by atoms with Crippen LogP contribution in [-0.4, -0.2) is 15.6 Å². The molecule has 0 unspecified atom stereocenters. The molecule has 1 amide bonds. The van der Waals surface area contributed by atoms with Crippen LogP contribution in [0.15, 0.2) is 65.6 Å². The first kappa shape index (κ1) is 20.1. The van der Waals surface area contributed by atoms with Gasteiger partial charge in [-0.25, -0.2) is 0 Å². The fourth-order valence-electron chi connectivity index (χ4n) is 2.57. The summed E-state index contributed by atoms with van der Waals surface area (Å²) in [6.07, 6.45) is 1.36. The monoisotopic (exact) mass is 413 g/mol. The second kappa shape index (κ2) is 8.57. The lowest BCUT2D eigenvalue weighted by molar-refractivity contribution is -0.384. The first-order chi connectivity index (χ1) is 13.8. The Balaban J connectivity index is 1.78. The van der Waals surface area contributed by atoms with Gasteiger partial charge in [0.25, 0.3) is 17.2 Å². The molecule has 1 aromatic heterocycles. The Morgan fingerprint density at radius 3 is 2.76 bits per heavy atom. The Hall–Kier alpha value is -3.65. The molecule has 2 aromatic carbocycles. The molecular weight excluding hydrogens is 398 g/mol. The number of aromatic nitrogens is 1. The average molecular weight is 414 g/mol. The highest BCUT2D eigenvalue weighted by Crippen LogP contribution is 2.20. The van der Waals surface area contributed by atoms with Gasteiger partial charge in [-0.3, -0.25) is 19.7 Å². The molecule has 3 rings (SSSR count). The minimum Gasteiger partial charge on any atom is -0.406 e. The molecule has 3 aromatic rings. The van der Waals surface area contributed by atoms with Crippen LogP contribution in [0, 0.1) is 17.0 Å². The average Bonchev–Trinajstić information content (AvgIpc) is 2.70. The standard InChI is InChI=1S/C20H16ClN3O5/c1-13-7-8-15(21)11-18(13)22-19(25)17-6-3-9-23(20(17)26)29-12-14-4-2-5-16(10-14)24(27)28/h2-11H,12H2,1H3,(H,22,25). The molecule has 148 valence electrons. The van der Waals surface area contributed by atoms with Crippen molar-refractivity contribution in [2.75, 3.05) is 5.32 Å². The van der Waals surface area contributed by atoms with Gasteiger partial charge >= 0.3 is 0 Å². The fourth-order valence-corrected chi connectivity index (χ4v) is 2.74. The zero-order valence-corrected chi connectivity index (χ0v) is 16.1. The van der Waals surface area contributed by atoms with Crippen LogP contribution in [0.2, 0.25) is 5.02 Å². The van der Waals surface area contributed by atoms with Gasteiger partial charge in [0.05, 0.1) is 4.92 Å². The van der Waals surface area contributed by atoms with E-state index in [4.69, 9.17) is 16.4 Å². The van der Waals surface area contributed by atoms with E-state index >= 15 is 0 Å². The van der Waals surface area contributed by atoms with Crippen molar-refractivity contribution >= 4 is 28.9 Å². The molecule has 0 saturated heterocycles. The van der Waals surface area contributed by atoms with Gasteiger partial charge in [0, 0.05) is 29.0 Å². The molecule has 0 aliphatic heterocycles. The summed E-state index contributed by atoms with van der Waals surface area (Å²) >= 11 is 5.95. The van der Waals surface area contributed by atoms with Gasteiger partial charge in [-0.15, -0.1) is 0 Å². The molecule has 0 bridgehead atoms. The lowest BCUT2D eigenvalue weighted by Crippen LogP contribution is -2.32. The Morgan fingerprint density at radius 1 is 1.21 bits per heavy atom. The van der Waals surface area contributed by atoms with Crippen LogP contribution in [0.1, 0.15) is 21.5 Å². The minimum atomic E-state index is -0.657. The number of nitrogens with zero attached hydrogens (tertiary/aromatic N) is 2. The van der Waals surface area contributed by atoms with E-state index in [2.05, 4.69) is 5.32 Å². The molecule has 0 spiro atoms. The van der Waals surface area contributed by atoms with Crippen molar-refractivity contribution in [1.29, 1.82) is 0 Å². The van der Waals surface area contributed by atoms with Crippen molar-refractivity contribution in [3.8, 4) is 0 Å². The van der Waals surface area contributed by atoms with Crippen LogP contribution >= 0.6 is 11.6 Å². The number of benzene rings is 2. The summed E-state index contributed by atoms with van der Waals surface area (Å²) in [7, 11) is 0. The number of halogens is 1. The number of pyridine rings is 1. The maximum atomic E-state index is 12.6. The molecule has 1 N–H and O–H groups in total. The predicted molar refractivity (Wildman–Crippen MR) is 108 cm³/mol. The van der Waals surface area contributed by atoms with Gasteiger partial charge in [-0.1, -0.05) is 29.8 Å². The number of aryl methyl sites for hydroxylation is 1. The highest BCUT2D eigenvalue weighted by atomic mass is 35.5. The Kier molecular flexibility index (Phi) is 5.94. The number of hydrogen-bond acceptors (Lipinski definition) is 5. The van der Waals surface area contributed by atoms with E-state index in [0.717, 1.165) is 10.3 Å². The Morgan fingerprint density at radius 2 is 2.00 bits per heavy atom. The first-order valence-corrected chi connectivity index (χ1v) is 8.89. The summed E-state index contributed by atoms with van der Waals surface area (Å²) in [5, 5.41) is 14.0. The Bertz CT molecular complexity index is 1140. The van der Waals surface area contributed by atoms with E-state index in [1.165, 1.54) is 36.5 Å². The number of nitro groups is 1. The second-order valence-corrected chi connectivity index (χ2v) is 6.60. The number of anilines is 1. The largest absolute Gasteiger partial charge is 0.406 e. The molecular formula is C20H16ClN3O5. The Labute approximate surface area is 170 Å². The third-order valence-corrected chi connectivity index (χ3v) is 4.33. The van der Waals surface area contributed by atoms with Crippen LogP contribution < -0.4 is 15.7 Å². The molecule has 0 aliphatic carbocycles. The molecule has 0 aliphatic rings. The van der Waals surface area contributed by atoms with Crippen LogP contribution in [0.5, 0.6) is 0 Å². The van der Waals surface area contributed by atoms with Gasteiger partial charge in [0.1, 0.15) is 12.2 Å². The van der Waals surface area contributed by atoms with E-state index in [1.807, 2.05) is 0 Å². The predicted octanol–water partition coefficient (Wildman–Crippen LogP) is 3.60. The zero-order valence-electron chi connectivity index (χ0n) is 15.3. The normalized spacial score (nSPS) is 10.4. The molecule has 1 heterocycles. The molecule has 0 atom stereocenters. The van der Waals surface area contributed by atoms with Gasteiger partial charge in [-0.05, 0) is 42.3 Å². The lowest BCUT2D eigenvalue weighted by atomic mass is 10.2. The quantitative estimate of drug-likeness (QED) is 0.491. The molecule has 0 saturated carbocycles. The van der Waals surface area contributed by atoms with Crippen LogP contribution in [0.3, 0.4) is 0 Å². The maximum absolute atomic E-state index is 12.6. The number of nitrogens with one attached hydrogen (secondary N) is 1. The number of nitro benzene ring substituents is 1. The van der Waals surface area contributed by atoms with Gasteiger partial charge in [0.2, 0.25) is 0 Å². The van der Waals surface area contributed by atoms with Crippen molar-refractivity contribution in [2.24, 2.45) is 0 Å². The third kappa shape index (κ3) is 4.80. The number of rotatable bonds is 6. The SMILES string of the molecule is Cc1ccc(Cl)cc1NC(=O)c1cccn(OCc2cccc([N+](=O)[O-])c2)c1=O. The summed E-state index contributed by atoms with van der Waals surface area (Å²) in [6, 6.07) is 13.8. The summed E-state index contributed by atoms with van der Waals surface area (Å²) in [4.78, 5) is 40.9. The smallest absolute Gasteiger partial charge is 0.295 e. The van der Waals surface area contributed by atoms with Crippen molar-refractivity contribution in [3.63, 3.8) is 0 Å². The fraction of sp³-hybridized carbons (Fsp3) is 0.100. The second-order valence-electron chi connectivity index (χ2n) is 6.17. The van der Waals surface area contributed by atoms with Crippen LogP contribution in [0.25, 0.3) is 0 Å². The zero-order chi connectivity index (χ0) is 21.0. The topological polar surface area (TPSA) is 103 Å². The third-order valence-electron chi connectivity index (χ3n) is 4.10. The molecule has 8 nitrogen and oxygen atoms in total. The molecule has 9 heteroatoms. The number of non-ortho nitro benzene ring substituents is 1. The van der Waals surface area contributed by atoms with Crippen molar-refractivity contribution in [3.05, 3.63) is 103 Å². The van der Waals surface area contributed by atoms with E-state index in [-0.39, 0.29) is 17.9 Å². The highest BCUT2D eigenvalue weighted by Gasteiger charge is 2.14. The van der Waals surface area contributed by atoms with E-state index in [9.17, 15) is 19.7 Å². The van der Waals surface area contributed by atoms with Crippen LogP contribution in [-0.2, 0) is 6.61 Å². The van der Waals surface area contributed by atoms with Gasteiger partial charge in [0.15, 0.2) is 0 Å². The van der Waals surface area contributed by atoms with Crippen molar-refractivity contribution in [1.82, 2.24) is 4.73 Å².